The maximum Gasteiger partial charge on any atom is 0.196 e. The van der Waals surface area contributed by atoms with Gasteiger partial charge in [0.05, 0.1) is 19.8 Å². The summed E-state index contributed by atoms with van der Waals surface area (Å²) in [7, 11) is 3.56. The van der Waals surface area contributed by atoms with Crippen molar-refractivity contribution in [3.8, 4) is 11.5 Å². The summed E-state index contributed by atoms with van der Waals surface area (Å²) in [5.41, 5.74) is 0.849. The van der Waals surface area contributed by atoms with Crippen LogP contribution >= 0.6 is 0 Å². The third-order valence-corrected chi connectivity index (χ3v) is 4.81. The number of anilines is 1. The SMILES string of the molecule is CCOc1cc(NC(=NCc2nnc(C)n2C)NCC2CCCO2)ccc1OC. The minimum atomic E-state index is 0.203. The number of ether oxygens (including phenoxy) is 3. The third kappa shape index (κ3) is 5.60. The van der Waals surface area contributed by atoms with Gasteiger partial charge in [0.2, 0.25) is 0 Å². The number of hydrogen-bond acceptors (Lipinski definition) is 6. The minimum Gasteiger partial charge on any atom is -0.493 e. The number of guanidine groups is 1. The Hall–Kier alpha value is -2.81. The van der Waals surface area contributed by atoms with E-state index in [-0.39, 0.29) is 6.10 Å². The van der Waals surface area contributed by atoms with Crippen molar-refractivity contribution < 1.29 is 14.2 Å². The molecule has 0 radical (unpaired) electrons. The highest BCUT2D eigenvalue weighted by Crippen LogP contribution is 2.30. The standard InChI is InChI=1S/C20H30N6O3/c1-5-28-18-11-15(8-9-17(18)27-4)23-20(21-12-16-7-6-10-29-16)22-13-19-25-24-14(2)26(19)3/h8-9,11,16H,5-7,10,12-13H2,1-4H3,(H2,21,22,23). The van der Waals surface area contributed by atoms with Crippen LogP contribution in [0.1, 0.15) is 31.4 Å². The first kappa shape index (κ1) is 20.9. The van der Waals surface area contributed by atoms with Crippen molar-refractivity contribution in [2.24, 2.45) is 12.0 Å². The molecule has 1 unspecified atom stereocenters. The maximum absolute atomic E-state index is 5.71. The number of nitrogens with one attached hydrogen (secondary N) is 2. The van der Waals surface area contributed by atoms with Crippen molar-refractivity contribution in [3.63, 3.8) is 0 Å². The summed E-state index contributed by atoms with van der Waals surface area (Å²) in [5, 5.41) is 15.0. The molecule has 1 fully saturated rings. The monoisotopic (exact) mass is 402 g/mol. The summed E-state index contributed by atoms with van der Waals surface area (Å²) in [6.07, 6.45) is 2.36. The molecule has 9 nitrogen and oxygen atoms in total. The van der Waals surface area contributed by atoms with Crippen LogP contribution in [0.2, 0.25) is 0 Å². The lowest BCUT2D eigenvalue weighted by molar-refractivity contribution is 0.114. The van der Waals surface area contributed by atoms with Gasteiger partial charge in [-0.25, -0.2) is 4.99 Å². The average molecular weight is 402 g/mol. The summed E-state index contributed by atoms with van der Waals surface area (Å²) < 4.78 is 18.7. The van der Waals surface area contributed by atoms with Crippen LogP contribution in [-0.4, -0.2) is 53.7 Å². The molecular weight excluding hydrogens is 372 g/mol. The number of hydrogen-bond donors (Lipinski definition) is 2. The van der Waals surface area contributed by atoms with E-state index in [1.807, 2.05) is 43.7 Å². The van der Waals surface area contributed by atoms with E-state index in [0.29, 0.717) is 37.2 Å². The van der Waals surface area contributed by atoms with Gasteiger partial charge in [-0.15, -0.1) is 10.2 Å². The number of aromatic nitrogens is 3. The van der Waals surface area contributed by atoms with Crippen LogP contribution in [0, 0.1) is 6.92 Å². The van der Waals surface area contributed by atoms with E-state index in [1.165, 1.54) is 0 Å². The van der Waals surface area contributed by atoms with Crippen molar-refractivity contribution >= 4 is 11.6 Å². The summed E-state index contributed by atoms with van der Waals surface area (Å²) in [6, 6.07) is 5.70. The average Bonchev–Trinajstić information content (AvgIpc) is 3.35. The number of methoxy groups -OCH3 is 1. The highest BCUT2D eigenvalue weighted by atomic mass is 16.5. The van der Waals surface area contributed by atoms with Gasteiger partial charge in [-0.3, -0.25) is 0 Å². The molecule has 0 aliphatic carbocycles. The Kier molecular flexibility index (Phi) is 7.29. The van der Waals surface area contributed by atoms with Gasteiger partial charge in [0.15, 0.2) is 23.3 Å². The van der Waals surface area contributed by atoms with Gasteiger partial charge in [0.25, 0.3) is 0 Å². The van der Waals surface area contributed by atoms with E-state index in [4.69, 9.17) is 14.2 Å². The molecule has 9 heteroatoms. The molecule has 2 N–H and O–H groups in total. The molecule has 1 atom stereocenters. The first-order chi connectivity index (χ1) is 14.1. The highest BCUT2D eigenvalue weighted by molar-refractivity contribution is 5.94. The van der Waals surface area contributed by atoms with Crippen molar-refractivity contribution in [1.29, 1.82) is 0 Å². The fourth-order valence-electron chi connectivity index (χ4n) is 3.05. The van der Waals surface area contributed by atoms with Crippen molar-refractivity contribution in [1.82, 2.24) is 20.1 Å². The molecule has 0 spiro atoms. The second-order valence-corrected chi connectivity index (χ2v) is 6.83. The summed E-state index contributed by atoms with van der Waals surface area (Å²) in [5.74, 6) is 3.67. The zero-order valence-corrected chi connectivity index (χ0v) is 17.6. The van der Waals surface area contributed by atoms with Crippen LogP contribution in [0.4, 0.5) is 5.69 Å². The Labute approximate surface area is 171 Å². The number of aliphatic imine (C=N–C) groups is 1. The van der Waals surface area contributed by atoms with Gasteiger partial charge in [-0.2, -0.15) is 0 Å². The van der Waals surface area contributed by atoms with E-state index in [2.05, 4.69) is 25.8 Å². The van der Waals surface area contributed by atoms with Crippen LogP contribution in [0.5, 0.6) is 11.5 Å². The first-order valence-corrected chi connectivity index (χ1v) is 9.93. The van der Waals surface area contributed by atoms with Crippen LogP contribution in [0.25, 0.3) is 0 Å². The van der Waals surface area contributed by atoms with E-state index in [0.717, 1.165) is 36.8 Å². The van der Waals surface area contributed by atoms with E-state index in [1.54, 1.807) is 7.11 Å². The zero-order chi connectivity index (χ0) is 20.6. The van der Waals surface area contributed by atoms with Crippen LogP contribution < -0.4 is 20.1 Å². The van der Waals surface area contributed by atoms with Crippen LogP contribution in [0.15, 0.2) is 23.2 Å². The van der Waals surface area contributed by atoms with Gasteiger partial charge in [0, 0.05) is 32.0 Å². The smallest absolute Gasteiger partial charge is 0.196 e. The van der Waals surface area contributed by atoms with E-state index in [9.17, 15) is 0 Å². The van der Waals surface area contributed by atoms with Crippen LogP contribution in [0.3, 0.4) is 0 Å². The second kappa shape index (κ2) is 10.1. The number of rotatable bonds is 8. The molecule has 1 aliphatic heterocycles. The Balaban J connectivity index is 1.75. The minimum absolute atomic E-state index is 0.203. The lowest BCUT2D eigenvalue weighted by atomic mass is 10.2. The molecule has 3 rings (SSSR count). The predicted octanol–water partition coefficient (Wildman–Crippen LogP) is 2.27. The topological polar surface area (TPSA) is 94.8 Å². The molecule has 0 amide bonds. The second-order valence-electron chi connectivity index (χ2n) is 6.83. The van der Waals surface area contributed by atoms with Crippen molar-refractivity contribution in [3.05, 3.63) is 29.8 Å². The van der Waals surface area contributed by atoms with Crippen LogP contribution in [-0.2, 0) is 18.3 Å². The molecule has 29 heavy (non-hydrogen) atoms. The molecule has 2 heterocycles. The van der Waals surface area contributed by atoms with Gasteiger partial charge in [0.1, 0.15) is 12.4 Å². The summed E-state index contributed by atoms with van der Waals surface area (Å²) in [6.45, 7) is 6.34. The lowest BCUT2D eigenvalue weighted by Gasteiger charge is -2.17. The lowest BCUT2D eigenvalue weighted by Crippen LogP contribution is -2.36. The predicted molar refractivity (Wildman–Crippen MR) is 112 cm³/mol. The first-order valence-electron chi connectivity index (χ1n) is 9.93. The molecule has 2 aromatic rings. The molecule has 158 valence electrons. The quantitative estimate of drug-likeness (QED) is 0.517. The Bertz CT molecular complexity index is 830. The van der Waals surface area contributed by atoms with E-state index < -0.39 is 0 Å². The molecule has 0 bridgehead atoms. The molecule has 1 saturated heterocycles. The maximum atomic E-state index is 5.71. The fraction of sp³-hybridized carbons (Fsp3) is 0.550. The zero-order valence-electron chi connectivity index (χ0n) is 17.6. The van der Waals surface area contributed by atoms with Crippen molar-refractivity contribution in [2.45, 2.75) is 39.3 Å². The number of benzene rings is 1. The van der Waals surface area contributed by atoms with Gasteiger partial charge in [-0.1, -0.05) is 0 Å². The molecule has 1 aromatic heterocycles. The Morgan fingerprint density at radius 1 is 1.34 bits per heavy atom. The fourth-order valence-corrected chi connectivity index (χ4v) is 3.05. The molecule has 1 aliphatic rings. The Morgan fingerprint density at radius 3 is 2.86 bits per heavy atom. The number of nitrogens with zero attached hydrogens (tertiary/aromatic N) is 4. The summed E-state index contributed by atoms with van der Waals surface area (Å²) in [4.78, 5) is 4.69. The normalized spacial score (nSPS) is 16.7. The Morgan fingerprint density at radius 2 is 2.21 bits per heavy atom. The third-order valence-electron chi connectivity index (χ3n) is 4.81. The molecule has 0 saturated carbocycles. The van der Waals surface area contributed by atoms with Gasteiger partial charge < -0.3 is 29.4 Å². The number of aryl methyl sites for hydroxylation is 1. The molecular formula is C20H30N6O3. The molecule has 1 aromatic carbocycles. The highest BCUT2D eigenvalue weighted by Gasteiger charge is 2.16. The van der Waals surface area contributed by atoms with E-state index >= 15 is 0 Å². The van der Waals surface area contributed by atoms with Gasteiger partial charge in [-0.05, 0) is 38.8 Å². The largest absolute Gasteiger partial charge is 0.493 e. The summed E-state index contributed by atoms with van der Waals surface area (Å²) >= 11 is 0. The van der Waals surface area contributed by atoms with Gasteiger partial charge >= 0.3 is 0 Å². The van der Waals surface area contributed by atoms with Crippen molar-refractivity contribution in [2.75, 3.05) is 32.2 Å².